The number of nitrogens with one attached hydrogen (secondary N) is 1. The fourth-order valence-electron chi connectivity index (χ4n) is 2.70. The number of fused-ring (bicyclic) bond motifs is 1. The molecule has 21 heavy (non-hydrogen) atoms. The van der Waals surface area contributed by atoms with E-state index in [2.05, 4.69) is 5.32 Å². The third kappa shape index (κ3) is 2.79. The Kier molecular flexibility index (Phi) is 3.69. The summed E-state index contributed by atoms with van der Waals surface area (Å²) in [6.07, 6.45) is 1.93. The van der Waals surface area contributed by atoms with Gasteiger partial charge in [-0.15, -0.1) is 0 Å². The average Bonchev–Trinajstić information content (AvgIpc) is 2.50. The van der Waals surface area contributed by atoms with Crippen molar-refractivity contribution in [2.75, 3.05) is 11.9 Å². The minimum atomic E-state index is -0.919. The zero-order valence-electron chi connectivity index (χ0n) is 11.5. The number of Topliss-reactive ketones (excluding diaryl/α,β-unsaturated/α-hetero) is 1. The molecule has 1 aliphatic heterocycles. The van der Waals surface area contributed by atoms with Crippen LogP contribution in [0.3, 0.4) is 0 Å². The van der Waals surface area contributed by atoms with Crippen molar-refractivity contribution in [2.24, 2.45) is 0 Å². The van der Waals surface area contributed by atoms with Gasteiger partial charge in [0.2, 0.25) is 0 Å². The molecule has 0 fully saturated rings. The Morgan fingerprint density at radius 2 is 2.00 bits per heavy atom. The maximum atomic E-state index is 13.2. The number of rotatable bonds is 3. The van der Waals surface area contributed by atoms with E-state index in [4.69, 9.17) is 0 Å². The Morgan fingerprint density at radius 1 is 1.14 bits per heavy atom. The predicted molar refractivity (Wildman–Crippen MR) is 77.6 cm³/mol. The summed E-state index contributed by atoms with van der Waals surface area (Å²) in [4.78, 5) is 12.4. The molecule has 2 aromatic carbocycles. The molecule has 1 aliphatic rings. The van der Waals surface area contributed by atoms with Crippen LogP contribution in [0, 0.1) is 11.6 Å². The van der Waals surface area contributed by atoms with E-state index in [-0.39, 0.29) is 12.2 Å². The zero-order chi connectivity index (χ0) is 14.8. The second-order valence-corrected chi connectivity index (χ2v) is 5.21. The van der Waals surface area contributed by atoms with Crippen molar-refractivity contribution in [2.45, 2.75) is 19.3 Å². The van der Waals surface area contributed by atoms with Gasteiger partial charge in [0, 0.05) is 24.2 Å². The molecule has 0 unspecified atom stereocenters. The van der Waals surface area contributed by atoms with Gasteiger partial charge in [-0.05, 0) is 42.2 Å². The van der Waals surface area contributed by atoms with Crippen molar-refractivity contribution in [3.63, 3.8) is 0 Å². The third-order valence-electron chi connectivity index (χ3n) is 3.74. The Labute approximate surface area is 121 Å². The van der Waals surface area contributed by atoms with Gasteiger partial charge in [0.25, 0.3) is 0 Å². The van der Waals surface area contributed by atoms with Crippen LogP contribution in [0.1, 0.15) is 27.9 Å². The van der Waals surface area contributed by atoms with Gasteiger partial charge in [0.1, 0.15) is 0 Å². The maximum Gasteiger partial charge on any atom is 0.167 e. The van der Waals surface area contributed by atoms with Crippen LogP contribution in [-0.2, 0) is 12.8 Å². The Morgan fingerprint density at radius 3 is 2.81 bits per heavy atom. The van der Waals surface area contributed by atoms with Crippen molar-refractivity contribution < 1.29 is 13.6 Å². The fraction of sp³-hybridized carbons (Fsp3) is 0.235. The van der Waals surface area contributed by atoms with Crippen LogP contribution in [0.5, 0.6) is 0 Å². The lowest BCUT2D eigenvalue weighted by molar-refractivity contribution is 0.0992. The van der Waals surface area contributed by atoms with E-state index in [1.807, 2.05) is 12.1 Å². The van der Waals surface area contributed by atoms with Crippen LogP contribution in [0.4, 0.5) is 14.5 Å². The topological polar surface area (TPSA) is 29.1 Å². The smallest absolute Gasteiger partial charge is 0.167 e. The second kappa shape index (κ2) is 5.64. The summed E-state index contributed by atoms with van der Waals surface area (Å²) in [5.74, 6) is -1.88. The maximum absolute atomic E-state index is 13.2. The number of anilines is 1. The molecule has 0 spiro atoms. The highest BCUT2D eigenvalue weighted by molar-refractivity contribution is 6.00. The van der Waals surface area contributed by atoms with Gasteiger partial charge >= 0.3 is 0 Å². The van der Waals surface area contributed by atoms with Gasteiger partial charge < -0.3 is 5.32 Å². The molecule has 2 aromatic rings. The normalized spacial score (nSPS) is 13.4. The van der Waals surface area contributed by atoms with E-state index >= 15 is 0 Å². The lowest BCUT2D eigenvalue weighted by atomic mass is 9.93. The Bertz CT molecular complexity index is 697. The highest BCUT2D eigenvalue weighted by Crippen LogP contribution is 2.26. The molecule has 4 heteroatoms. The number of ketones is 1. The largest absolute Gasteiger partial charge is 0.385 e. The summed E-state index contributed by atoms with van der Waals surface area (Å²) in [6, 6.07) is 9.19. The molecular formula is C17H15F2NO. The summed E-state index contributed by atoms with van der Waals surface area (Å²) in [6.45, 7) is 0.911. The van der Waals surface area contributed by atoms with Gasteiger partial charge in [-0.25, -0.2) is 8.78 Å². The van der Waals surface area contributed by atoms with E-state index in [1.54, 1.807) is 6.07 Å². The minimum Gasteiger partial charge on any atom is -0.385 e. The molecule has 1 N–H and O–H groups in total. The first kappa shape index (κ1) is 13.7. The van der Waals surface area contributed by atoms with Gasteiger partial charge in [-0.3, -0.25) is 4.79 Å². The number of carbonyl (C=O) groups is 1. The molecule has 0 amide bonds. The Balaban J connectivity index is 1.87. The van der Waals surface area contributed by atoms with E-state index in [9.17, 15) is 13.6 Å². The lowest BCUT2D eigenvalue weighted by Gasteiger charge is -2.20. The summed E-state index contributed by atoms with van der Waals surface area (Å²) < 4.78 is 26.1. The molecule has 0 aromatic heterocycles. The molecule has 108 valence electrons. The van der Waals surface area contributed by atoms with Gasteiger partial charge in [0.05, 0.1) is 0 Å². The summed E-state index contributed by atoms with van der Waals surface area (Å²) >= 11 is 0. The third-order valence-corrected chi connectivity index (χ3v) is 3.74. The summed E-state index contributed by atoms with van der Waals surface area (Å²) in [7, 11) is 0. The molecule has 0 aliphatic carbocycles. The number of carbonyl (C=O) groups excluding carboxylic acids is 1. The van der Waals surface area contributed by atoms with Crippen LogP contribution < -0.4 is 5.32 Å². The predicted octanol–water partition coefficient (Wildman–Crippen LogP) is 3.75. The van der Waals surface area contributed by atoms with Crippen LogP contribution >= 0.6 is 0 Å². The van der Waals surface area contributed by atoms with E-state index in [1.165, 1.54) is 6.07 Å². The number of benzene rings is 2. The van der Waals surface area contributed by atoms with Crippen molar-refractivity contribution in [1.29, 1.82) is 0 Å². The van der Waals surface area contributed by atoms with Gasteiger partial charge in [-0.1, -0.05) is 18.2 Å². The van der Waals surface area contributed by atoms with Gasteiger partial charge in [0.15, 0.2) is 17.4 Å². The highest BCUT2D eigenvalue weighted by Gasteiger charge is 2.17. The molecule has 0 saturated heterocycles. The number of hydrogen-bond acceptors (Lipinski definition) is 2. The van der Waals surface area contributed by atoms with Gasteiger partial charge in [-0.2, -0.15) is 0 Å². The zero-order valence-corrected chi connectivity index (χ0v) is 11.5. The first-order valence-corrected chi connectivity index (χ1v) is 6.98. The Hall–Kier alpha value is -2.23. The van der Waals surface area contributed by atoms with Crippen LogP contribution in [0.2, 0.25) is 0 Å². The van der Waals surface area contributed by atoms with Crippen LogP contribution in [0.25, 0.3) is 0 Å². The fourth-order valence-corrected chi connectivity index (χ4v) is 2.70. The first-order valence-electron chi connectivity index (χ1n) is 6.98. The molecule has 2 nitrogen and oxygen atoms in total. The summed E-state index contributed by atoms with van der Waals surface area (Å²) in [5, 5.41) is 3.28. The molecule has 3 rings (SSSR count). The lowest BCUT2D eigenvalue weighted by Crippen LogP contribution is -2.16. The monoisotopic (exact) mass is 287 g/mol. The number of hydrogen-bond donors (Lipinski definition) is 1. The molecule has 0 atom stereocenters. The molecular weight excluding hydrogens is 272 g/mol. The molecule has 0 saturated carbocycles. The van der Waals surface area contributed by atoms with Crippen molar-refractivity contribution >= 4 is 11.5 Å². The van der Waals surface area contributed by atoms with Crippen LogP contribution in [-0.4, -0.2) is 12.3 Å². The van der Waals surface area contributed by atoms with Crippen molar-refractivity contribution in [3.8, 4) is 0 Å². The van der Waals surface area contributed by atoms with Crippen molar-refractivity contribution in [3.05, 3.63) is 64.7 Å². The first-order chi connectivity index (χ1) is 10.1. The second-order valence-electron chi connectivity index (χ2n) is 5.21. The van der Waals surface area contributed by atoms with E-state index < -0.39 is 11.6 Å². The molecule has 1 heterocycles. The minimum absolute atomic E-state index is 0.0680. The SMILES string of the molecule is O=C(Cc1ccc(F)c(F)c1)c1cccc2c1CCCN2. The quantitative estimate of drug-likeness (QED) is 0.871. The molecule has 0 bridgehead atoms. The van der Waals surface area contributed by atoms with E-state index in [0.29, 0.717) is 11.1 Å². The van der Waals surface area contributed by atoms with Crippen molar-refractivity contribution in [1.82, 2.24) is 0 Å². The highest BCUT2D eigenvalue weighted by atomic mass is 19.2. The average molecular weight is 287 g/mol. The standard InChI is InChI=1S/C17H15F2NO/c18-14-7-6-11(9-15(14)19)10-17(21)13-3-1-5-16-12(13)4-2-8-20-16/h1,3,5-7,9,20H,2,4,8,10H2. The molecule has 0 radical (unpaired) electrons. The van der Waals surface area contributed by atoms with Crippen LogP contribution in [0.15, 0.2) is 36.4 Å². The summed E-state index contributed by atoms with van der Waals surface area (Å²) in [5.41, 5.74) is 3.18. The number of halogens is 2. The van der Waals surface area contributed by atoms with E-state index in [0.717, 1.165) is 42.8 Å².